The van der Waals surface area contributed by atoms with Crippen molar-refractivity contribution in [3.63, 3.8) is 0 Å². The van der Waals surface area contributed by atoms with E-state index in [4.69, 9.17) is 4.74 Å². The Labute approximate surface area is 162 Å². The van der Waals surface area contributed by atoms with Gasteiger partial charge in [0.1, 0.15) is 38.0 Å². The SMILES string of the molecule is CCCC[C@H](c1nnnn1Cc1ccc(OC)cc1)[NH+]1CC[NH+](CC)CC1. The van der Waals surface area contributed by atoms with Crippen LogP contribution in [0.1, 0.15) is 50.5 Å². The zero-order valence-electron chi connectivity index (χ0n) is 16.9. The zero-order valence-corrected chi connectivity index (χ0v) is 16.9. The molecule has 0 unspecified atom stereocenters. The highest BCUT2D eigenvalue weighted by molar-refractivity contribution is 5.27. The van der Waals surface area contributed by atoms with Gasteiger partial charge in [0, 0.05) is 6.42 Å². The van der Waals surface area contributed by atoms with E-state index in [0.717, 1.165) is 18.0 Å². The molecule has 1 atom stereocenters. The molecule has 0 amide bonds. The number of unbranched alkanes of at least 4 members (excludes halogenated alkanes) is 1. The number of rotatable bonds is 9. The van der Waals surface area contributed by atoms with Crippen molar-refractivity contribution in [2.45, 2.75) is 45.7 Å². The largest absolute Gasteiger partial charge is 0.497 e. The van der Waals surface area contributed by atoms with Crippen molar-refractivity contribution >= 4 is 0 Å². The lowest BCUT2D eigenvalue weighted by atomic mass is 10.1. The molecule has 2 N–H and O–H groups in total. The predicted octanol–water partition coefficient (Wildman–Crippen LogP) is -0.235. The van der Waals surface area contributed by atoms with Gasteiger partial charge < -0.3 is 14.5 Å². The van der Waals surface area contributed by atoms with E-state index < -0.39 is 0 Å². The van der Waals surface area contributed by atoms with Crippen LogP contribution in [0.4, 0.5) is 0 Å². The summed E-state index contributed by atoms with van der Waals surface area (Å²) < 4.78 is 7.25. The van der Waals surface area contributed by atoms with Gasteiger partial charge in [0.15, 0.2) is 0 Å². The third-order valence-electron chi connectivity index (χ3n) is 5.80. The number of methoxy groups -OCH3 is 1. The Hall–Kier alpha value is -1.99. The Bertz CT molecular complexity index is 678. The molecule has 7 nitrogen and oxygen atoms in total. The molecule has 1 aromatic carbocycles. The number of likely N-dealkylation sites (N-methyl/N-ethyl adjacent to an activating group) is 1. The van der Waals surface area contributed by atoms with Crippen LogP contribution in [-0.2, 0) is 6.54 Å². The second-order valence-electron chi connectivity index (χ2n) is 7.50. The van der Waals surface area contributed by atoms with E-state index in [1.54, 1.807) is 16.9 Å². The zero-order chi connectivity index (χ0) is 19.1. The summed E-state index contributed by atoms with van der Waals surface area (Å²) in [5, 5.41) is 12.8. The van der Waals surface area contributed by atoms with Gasteiger partial charge in [-0.25, -0.2) is 4.68 Å². The van der Waals surface area contributed by atoms with Crippen LogP contribution in [0.25, 0.3) is 0 Å². The number of quaternary nitrogens is 2. The molecule has 1 aliphatic heterocycles. The van der Waals surface area contributed by atoms with Gasteiger partial charge in [0.2, 0.25) is 5.82 Å². The van der Waals surface area contributed by atoms with Gasteiger partial charge in [-0.05, 0) is 41.5 Å². The van der Waals surface area contributed by atoms with Gasteiger partial charge in [-0.3, -0.25) is 0 Å². The first-order chi connectivity index (χ1) is 13.2. The third kappa shape index (κ3) is 5.05. The summed E-state index contributed by atoms with van der Waals surface area (Å²) in [4.78, 5) is 3.36. The monoisotopic (exact) mass is 374 g/mol. The lowest BCUT2D eigenvalue weighted by molar-refractivity contribution is -1.03. The molecule has 1 aromatic heterocycles. The van der Waals surface area contributed by atoms with Crippen molar-refractivity contribution in [3.8, 4) is 5.75 Å². The topological polar surface area (TPSA) is 61.7 Å². The quantitative estimate of drug-likeness (QED) is 0.636. The number of hydrogen-bond donors (Lipinski definition) is 2. The number of nitrogens with zero attached hydrogens (tertiary/aromatic N) is 4. The second kappa shape index (κ2) is 9.80. The van der Waals surface area contributed by atoms with Crippen molar-refractivity contribution in [2.24, 2.45) is 0 Å². The molecule has 1 aliphatic rings. The highest BCUT2D eigenvalue weighted by Gasteiger charge is 2.33. The van der Waals surface area contributed by atoms with E-state index >= 15 is 0 Å². The summed E-state index contributed by atoms with van der Waals surface area (Å²) >= 11 is 0. The summed E-state index contributed by atoms with van der Waals surface area (Å²) in [6, 6.07) is 8.54. The molecular weight excluding hydrogens is 340 g/mol. The van der Waals surface area contributed by atoms with Crippen molar-refractivity contribution < 1.29 is 14.5 Å². The van der Waals surface area contributed by atoms with Crippen LogP contribution in [-0.4, -0.2) is 60.0 Å². The van der Waals surface area contributed by atoms with Gasteiger partial charge in [-0.2, -0.15) is 0 Å². The molecule has 2 heterocycles. The van der Waals surface area contributed by atoms with Crippen LogP contribution in [0.15, 0.2) is 24.3 Å². The molecule has 0 saturated carbocycles. The number of aromatic nitrogens is 4. The van der Waals surface area contributed by atoms with E-state index in [2.05, 4.69) is 41.5 Å². The minimum atomic E-state index is 0.386. The van der Waals surface area contributed by atoms with Crippen LogP contribution in [0.2, 0.25) is 0 Å². The van der Waals surface area contributed by atoms with Gasteiger partial charge in [-0.15, -0.1) is 5.10 Å². The Balaban J connectivity index is 1.75. The maximum atomic E-state index is 5.26. The summed E-state index contributed by atoms with van der Waals surface area (Å²) in [5.41, 5.74) is 1.19. The highest BCUT2D eigenvalue weighted by atomic mass is 16.5. The summed E-state index contributed by atoms with van der Waals surface area (Å²) in [6.45, 7) is 11.4. The average Bonchev–Trinajstić information content (AvgIpc) is 3.17. The van der Waals surface area contributed by atoms with E-state index in [1.165, 1.54) is 51.1 Å². The molecule has 1 fully saturated rings. The number of ether oxygens (including phenoxy) is 1. The standard InChI is InChI=1S/C20H32N6O/c1-4-6-7-19(25-14-12-24(5-2)13-15-25)20-21-22-23-26(20)16-17-8-10-18(27-3)11-9-17/h8-11,19H,4-7,12-16H2,1-3H3/p+2/t19-/m1/s1. The second-order valence-corrected chi connectivity index (χ2v) is 7.50. The van der Waals surface area contributed by atoms with Gasteiger partial charge in [0.25, 0.3) is 0 Å². The highest BCUT2D eigenvalue weighted by Crippen LogP contribution is 2.16. The van der Waals surface area contributed by atoms with E-state index in [-0.39, 0.29) is 0 Å². The van der Waals surface area contributed by atoms with Crippen molar-refractivity contribution in [1.29, 1.82) is 0 Å². The fraction of sp³-hybridized carbons (Fsp3) is 0.650. The normalized spacial score (nSPS) is 21.1. The number of tetrazole rings is 1. The molecule has 148 valence electrons. The molecule has 2 aromatic rings. The molecule has 0 bridgehead atoms. The van der Waals surface area contributed by atoms with Crippen LogP contribution in [0.5, 0.6) is 5.75 Å². The maximum Gasteiger partial charge on any atom is 0.209 e. The third-order valence-corrected chi connectivity index (χ3v) is 5.80. The fourth-order valence-corrected chi connectivity index (χ4v) is 4.03. The van der Waals surface area contributed by atoms with E-state index in [0.29, 0.717) is 12.6 Å². The smallest absolute Gasteiger partial charge is 0.209 e. The lowest BCUT2D eigenvalue weighted by Crippen LogP contribution is -3.28. The molecule has 3 rings (SSSR count). The average molecular weight is 375 g/mol. The summed E-state index contributed by atoms with van der Waals surface area (Å²) in [6.07, 6.45) is 3.57. The Morgan fingerprint density at radius 1 is 1.11 bits per heavy atom. The maximum absolute atomic E-state index is 5.26. The molecule has 7 heteroatoms. The lowest BCUT2D eigenvalue weighted by Gasteiger charge is -2.33. The Morgan fingerprint density at radius 3 is 2.48 bits per heavy atom. The fourth-order valence-electron chi connectivity index (χ4n) is 4.03. The van der Waals surface area contributed by atoms with Crippen molar-refractivity contribution in [3.05, 3.63) is 35.7 Å². The van der Waals surface area contributed by atoms with Gasteiger partial charge in [-0.1, -0.05) is 25.5 Å². The first-order valence-corrected chi connectivity index (χ1v) is 10.3. The van der Waals surface area contributed by atoms with E-state index in [1.807, 2.05) is 16.8 Å². The van der Waals surface area contributed by atoms with Gasteiger partial charge >= 0.3 is 0 Å². The molecular formula is C20H34N6O+2. The predicted molar refractivity (Wildman–Crippen MR) is 104 cm³/mol. The Morgan fingerprint density at radius 2 is 1.85 bits per heavy atom. The van der Waals surface area contributed by atoms with Crippen LogP contribution < -0.4 is 14.5 Å². The number of hydrogen-bond acceptors (Lipinski definition) is 4. The first-order valence-electron chi connectivity index (χ1n) is 10.3. The van der Waals surface area contributed by atoms with Crippen LogP contribution in [0.3, 0.4) is 0 Å². The molecule has 1 saturated heterocycles. The molecule has 0 spiro atoms. The number of nitrogens with one attached hydrogen (secondary N) is 2. The van der Waals surface area contributed by atoms with Crippen molar-refractivity contribution in [2.75, 3.05) is 39.8 Å². The summed E-state index contributed by atoms with van der Waals surface area (Å²) in [7, 11) is 1.69. The Kier molecular flexibility index (Phi) is 7.18. The van der Waals surface area contributed by atoms with E-state index in [9.17, 15) is 0 Å². The minimum absolute atomic E-state index is 0.386. The number of piperazine rings is 1. The molecule has 27 heavy (non-hydrogen) atoms. The van der Waals surface area contributed by atoms with Crippen molar-refractivity contribution in [1.82, 2.24) is 20.2 Å². The number of benzene rings is 1. The van der Waals surface area contributed by atoms with Gasteiger partial charge in [0.05, 0.1) is 20.2 Å². The summed E-state index contributed by atoms with van der Waals surface area (Å²) in [5.74, 6) is 1.91. The van der Waals surface area contributed by atoms with Crippen LogP contribution in [0, 0.1) is 0 Å². The first kappa shape index (κ1) is 19.8. The molecule has 0 radical (unpaired) electrons. The minimum Gasteiger partial charge on any atom is -0.497 e. The van der Waals surface area contributed by atoms with Crippen LogP contribution >= 0.6 is 0 Å². The molecule has 0 aliphatic carbocycles.